The number of hydrogen-bond acceptors (Lipinski definition) is 14. The first-order valence-corrected chi connectivity index (χ1v) is 31.4. The normalized spacial score (nSPS) is 24.4. The first-order chi connectivity index (χ1) is 40.6. The van der Waals surface area contributed by atoms with Gasteiger partial charge in [0.25, 0.3) is 0 Å². The minimum absolute atomic E-state index is 0.0306. The molecule has 470 valence electrons. The summed E-state index contributed by atoms with van der Waals surface area (Å²) in [4.78, 5) is 13.1. The maximum absolute atomic E-state index is 13.1. The van der Waals surface area contributed by atoms with E-state index in [1.165, 1.54) is 0 Å². The van der Waals surface area contributed by atoms with E-state index in [-0.39, 0.29) is 19.6 Å². The lowest BCUT2D eigenvalue weighted by Crippen LogP contribution is -2.61. The summed E-state index contributed by atoms with van der Waals surface area (Å²) >= 11 is 0. The maximum Gasteiger partial charge on any atom is 0.306 e. The van der Waals surface area contributed by atoms with Gasteiger partial charge in [0.05, 0.1) is 26.4 Å². The monoisotopic (exact) mass is 1160 g/mol. The van der Waals surface area contributed by atoms with Crippen LogP contribution in [0.3, 0.4) is 0 Å². The molecule has 2 rings (SSSR count). The zero-order valence-corrected chi connectivity index (χ0v) is 50.6. The first-order valence-electron chi connectivity index (χ1n) is 31.4. The summed E-state index contributed by atoms with van der Waals surface area (Å²) in [5.74, 6) is -0.405. The topological polar surface area (TPSA) is 214 Å². The van der Waals surface area contributed by atoms with Crippen LogP contribution in [0.4, 0.5) is 0 Å². The van der Waals surface area contributed by atoms with Crippen LogP contribution in [-0.4, -0.2) is 142 Å². The first kappa shape index (κ1) is 75.0. The molecule has 83 heavy (non-hydrogen) atoms. The predicted molar refractivity (Wildman–Crippen MR) is 334 cm³/mol. The van der Waals surface area contributed by atoms with Gasteiger partial charge in [-0.15, -0.1) is 0 Å². The van der Waals surface area contributed by atoms with Gasteiger partial charge in [0, 0.05) is 13.0 Å². The Kier molecular flexibility index (Phi) is 48.2. The highest BCUT2D eigenvalue weighted by Crippen LogP contribution is 2.26. The molecule has 0 aromatic rings. The van der Waals surface area contributed by atoms with Crippen LogP contribution in [0.2, 0.25) is 0 Å². The van der Waals surface area contributed by atoms with Gasteiger partial charge in [-0.3, -0.25) is 4.79 Å². The Morgan fingerprint density at radius 3 is 1.17 bits per heavy atom. The number of rotatable bonds is 49. The van der Waals surface area contributed by atoms with E-state index in [0.717, 1.165) is 154 Å². The van der Waals surface area contributed by atoms with Crippen molar-refractivity contribution in [1.82, 2.24) is 0 Å². The van der Waals surface area contributed by atoms with E-state index in [1.54, 1.807) is 0 Å². The maximum atomic E-state index is 13.1. The molecule has 11 atom stereocenters. The number of unbranched alkanes of at least 4 members (excludes halogenated alkanes) is 11. The Labute approximate surface area is 500 Å². The molecule has 14 heteroatoms. The standard InChI is InChI=1S/C69H110O14/c1-3-5-7-9-11-13-15-17-19-21-23-25-27-29-30-32-34-36-38-40-42-44-46-48-50-52-61(71)81-58(56-79-68-67(77)65(75)63(73)60(83-68)57-80-69-66(76)64(74)62(72)59(54-70)82-69)55-78-53-51-49-47-45-43-41-39-37-35-33-31-28-26-24-22-20-18-16-14-12-10-8-6-4-2/h5-8,11-14,17-20,23-26,29-31,33-34,36-37,39,58-60,62-70,72-77H,3-4,9-10,15-16,21-22,27-28,32,35,38,40-57H2,1-2H3/b7-5-,8-6-,13-11-,14-12-,19-17-,20-18-,25-23-,26-24-,30-29-,33-31-,36-34-,39-37-. The number of aliphatic hydroxyl groups excluding tert-OH is 7. The third-order valence-corrected chi connectivity index (χ3v) is 13.8. The molecule has 0 amide bonds. The second-order valence-corrected chi connectivity index (χ2v) is 21.1. The Hall–Kier alpha value is -4.13. The van der Waals surface area contributed by atoms with E-state index >= 15 is 0 Å². The van der Waals surface area contributed by atoms with Crippen LogP contribution in [0.25, 0.3) is 0 Å². The van der Waals surface area contributed by atoms with Crippen molar-refractivity contribution >= 4 is 5.97 Å². The quantitative estimate of drug-likeness (QED) is 0.0172. The van der Waals surface area contributed by atoms with E-state index in [4.69, 9.17) is 28.4 Å². The van der Waals surface area contributed by atoms with Crippen LogP contribution in [0, 0.1) is 0 Å². The fourth-order valence-corrected chi connectivity index (χ4v) is 8.88. The molecule has 0 aromatic carbocycles. The van der Waals surface area contributed by atoms with E-state index < -0.39 is 86.7 Å². The predicted octanol–water partition coefficient (Wildman–Crippen LogP) is 12.4. The highest BCUT2D eigenvalue weighted by atomic mass is 16.7. The van der Waals surface area contributed by atoms with Gasteiger partial charge in [0.1, 0.15) is 54.9 Å². The summed E-state index contributed by atoms with van der Waals surface area (Å²) in [6.45, 7) is 3.37. The molecule has 0 spiro atoms. The molecule has 14 nitrogen and oxygen atoms in total. The van der Waals surface area contributed by atoms with Gasteiger partial charge in [-0.05, 0) is 116 Å². The van der Waals surface area contributed by atoms with Crippen molar-refractivity contribution in [1.29, 1.82) is 0 Å². The Balaban J connectivity index is 1.72. The highest BCUT2D eigenvalue weighted by Gasteiger charge is 2.47. The number of esters is 1. The molecule has 2 heterocycles. The summed E-state index contributed by atoms with van der Waals surface area (Å²) in [6.07, 6.45) is 61.8. The van der Waals surface area contributed by atoms with Crippen LogP contribution in [0.15, 0.2) is 146 Å². The zero-order valence-electron chi connectivity index (χ0n) is 50.6. The Morgan fingerprint density at radius 1 is 0.398 bits per heavy atom. The van der Waals surface area contributed by atoms with Gasteiger partial charge in [0.2, 0.25) is 0 Å². The lowest BCUT2D eigenvalue weighted by atomic mass is 9.98. The summed E-state index contributed by atoms with van der Waals surface area (Å²) in [7, 11) is 0. The van der Waals surface area contributed by atoms with Gasteiger partial charge in [0.15, 0.2) is 12.6 Å². The number of carbonyl (C=O) groups excluding carboxylic acids is 1. The van der Waals surface area contributed by atoms with E-state index in [2.05, 4.69) is 160 Å². The second-order valence-electron chi connectivity index (χ2n) is 21.1. The SMILES string of the molecule is CC/C=C\C/C=C\C/C=C\C/C=C\C/C=C\C/C=C\CCCCCCCCC(=O)OC(COCCCCCCC/C=C\C/C=C\C/C=C\C/C=C\C/C=C\C/C=C\CC)COC1OC(COC2OC(CO)C(O)C(O)C2O)C(O)C(O)C1O. The average molecular weight is 1160 g/mol. The number of hydrogen-bond donors (Lipinski definition) is 7. The zero-order chi connectivity index (χ0) is 60.1. The highest BCUT2D eigenvalue weighted by molar-refractivity contribution is 5.69. The third-order valence-electron chi connectivity index (χ3n) is 13.8. The molecule has 0 aliphatic carbocycles. The fourth-order valence-electron chi connectivity index (χ4n) is 8.88. The summed E-state index contributed by atoms with van der Waals surface area (Å²) in [5.41, 5.74) is 0. The molecule has 0 radical (unpaired) electrons. The number of allylic oxidation sites excluding steroid dienone is 24. The summed E-state index contributed by atoms with van der Waals surface area (Å²) in [5, 5.41) is 72.5. The number of aliphatic hydroxyl groups is 7. The van der Waals surface area contributed by atoms with Crippen molar-refractivity contribution in [2.24, 2.45) is 0 Å². The number of carbonyl (C=O) groups is 1. The molecule has 7 N–H and O–H groups in total. The molecule has 0 saturated carbocycles. The van der Waals surface area contributed by atoms with Gasteiger partial charge in [-0.1, -0.05) is 205 Å². The Bertz CT molecular complexity index is 1930. The smallest absolute Gasteiger partial charge is 0.306 e. The third kappa shape index (κ3) is 39.2. The van der Waals surface area contributed by atoms with Gasteiger partial charge >= 0.3 is 5.97 Å². The second kappa shape index (κ2) is 53.3. The molecule has 2 saturated heterocycles. The van der Waals surface area contributed by atoms with Crippen molar-refractivity contribution in [3.8, 4) is 0 Å². The van der Waals surface area contributed by atoms with Crippen molar-refractivity contribution in [2.75, 3.05) is 33.0 Å². The molecule has 0 aromatic heterocycles. The number of ether oxygens (including phenoxy) is 6. The Morgan fingerprint density at radius 2 is 0.747 bits per heavy atom. The van der Waals surface area contributed by atoms with E-state index in [9.17, 15) is 40.5 Å². The van der Waals surface area contributed by atoms with Crippen molar-refractivity contribution < 1.29 is 69.0 Å². The molecule has 2 fully saturated rings. The van der Waals surface area contributed by atoms with Crippen LogP contribution in [0.5, 0.6) is 0 Å². The molecule has 2 aliphatic heterocycles. The van der Waals surface area contributed by atoms with Crippen LogP contribution < -0.4 is 0 Å². The largest absolute Gasteiger partial charge is 0.457 e. The lowest BCUT2D eigenvalue weighted by molar-refractivity contribution is -0.332. The van der Waals surface area contributed by atoms with Crippen LogP contribution in [0.1, 0.15) is 181 Å². The lowest BCUT2D eigenvalue weighted by Gasteiger charge is -2.42. The van der Waals surface area contributed by atoms with Crippen LogP contribution in [-0.2, 0) is 33.2 Å². The molecular formula is C69H110O14. The van der Waals surface area contributed by atoms with Gasteiger partial charge in [-0.2, -0.15) is 0 Å². The summed E-state index contributed by atoms with van der Waals surface area (Å²) < 4.78 is 34.4. The average Bonchev–Trinajstić information content (AvgIpc) is 3.67. The van der Waals surface area contributed by atoms with Crippen LogP contribution >= 0.6 is 0 Å². The van der Waals surface area contributed by atoms with Gasteiger partial charge < -0.3 is 64.2 Å². The molecular weight excluding hydrogens is 1050 g/mol. The molecule has 0 bridgehead atoms. The minimum atomic E-state index is -1.73. The van der Waals surface area contributed by atoms with Crippen molar-refractivity contribution in [3.63, 3.8) is 0 Å². The molecule has 2 aliphatic rings. The van der Waals surface area contributed by atoms with E-state index in [0.29, 0.717) is 13.0 Å². The van der Waals surface area contributed by atoms with E-state index in [1.807, 2.05) is 0 Å². The minimum Gasteiger partial charge on any atom is -0.457 e. The van der Waals surface area contributed by atoms with Crippen molar-refractivity contribution in [3.05, 3.63) is 146 Å². The molecule has 11 unspecified atom stereocenters. The van der Waals surface area contributed by atoms with Gasteiger partial charge in [-0.25, -0.2) is 0 Å². The fraction of sp³-hybridized carbons (Fsp3) is 0.638. The van der Waals surface area contributed by atoms with Crippen molar-refractivity contribution in [2.45, 2.75) is 248 Å². The summed E-state index contributed by atoms with van der Waals surface area (Å²) in [6, 6.07) is 0.